The monoisotopic (exact) mass is 254 g/mol. The number of ketones is 2. The molecule has 0 fully saturated rings. The summed E-state index contributed by atoms with van der Waals surface area (Å²) in [6.07, 6.45) is 0.903. The van der Waals surface area contributed by atoms with Gasteiger partial charge in [0, 0.05) is 12.8 Å². The molecule has 0 aromatic heterocycles. The molecule has 0 aromatic rings. The molecule has 4 nitrogen and oxygen atoms in total. The van der Waals surface area contributed by atoms with Crippen molar-refractivity contribution in [3.05, 3.63) is 0 Å². The predicted molar refractivity (Wildman–Crippen MR) is 72.8 cm³/mol. The molecular weight excluding hydrogens is 228 g/mol. The molecular formula is C14H26N2O2. The Balaban J connectivity index is 4.86. The number of Topliss-reactive ketones (excluding diaryl/α,β-unsaturated/α-hetero) is 2. The molecule has 0 atom stereocenters. The molecule has 0 amide bonds. The van der Waals surface area contributed by atoms with E-state index < -0.39 is 11.1 Å². The molecule has 0 saturated carbocycles. The molecule has 0 aromatic carbocycles. The molecule has 0 N–H and O–H groups in total. The smallest absolute Gasteiger partial charge is 0.161 e. The van der Waals surface area contributed by atoms with E-state index in [2.05, 4.69) is 10.2 Å². The van der Waals surface area contributed by atoms with E-state index in [4.69, 9.17) is 0 Å². The summed E-state index contributed by atoms with van der Waals surface area (Å²) in [6.45, 7) is 12.7. The van der Waals surface area contributed by atoms with Gasteiger partial charge in [-0.3, -0.25) is 9.59 Å². The molecule has 104 valence electrons. The lowest BCUT2D eigenvalue weighted by atomic mass is 9.93. The third kappa shape index (κ3) is 5.07. The van der Waals surface area contributed by atoms with Crippen LogP contribution in [0.25, 0.3) is 0 Å². The Morgan fingerprint density at radius 2 is 1.33 bits per heavy atom. The minimum atomic E-state index is -0.852. The maximum absolute atomic E-state index is 12.0. The van der Waals surface area contributed by atoms with Crippen molar-refractivity contribution in [1.29, 1.82) is 0 Å². The van der Waals surface area contributed by atoms with Crippen LogP contribution in [0.4, 0.5) is 0 Å². The molecule has 0 spiro atoms. The van der Waals surface area contributed by atoms with Crippen molar-refractivity contribution in [2.24, 2.45) is 16.1 Å². The van der Waals surface area contributed by atoms with Crippen molar-refractivity contribution in [1.82, 2.24) is 0 Å². The van der Waals surface area contributed by atoms with E-state index in [9.17, 15) is 9.59 Å². The van der Waals surface area contributed by atoms with Crippen LogP contribution in [0.1, 0.15) is 61.3 Å². The summed E-state index contributed by atoms with van der Waals surface area (Å²) < 4.78 is 0. The van der Waals surface area contributed by atoms with Gasteiger partial charge < -0.3 is 0 Å². The number of nitrogens with zero attached hydrogens (tertiary/aromatic N) is 2. The normalized spacial score (nSPS) is 13.3. The van der Waals surface area contributed by atoms with Crippen molar-refractivity contribution in [2.45, 2.75) is 72.4 Å². The summed E-state index contributed by atoms with van der Waals surface area (Å²) in [5.41, 5.74) is -1.69. The lowest BCUT2D eigenvalue weighted by Gasteiger charge is -2.21. The maximum Gasteiger partial charge on any atom is 0.161 e. The molecule has 0 aliphatic heterocycles. The van der Waals surface area contributed by atoms with Crippen molar-refractivity contribution in [3.8, 4) is 0 Å². The van der Waals surface area contributed by atoms with E-state index in [0.29, 0.717) is 18.8 Å². The van der Waals surface area contributed by atoms with E-state index in [1.807, 2.05) is 13.8 Å². The summed E-state index contributed by atoms with van der Waals surface area (Å²) in [7, 11) is 0. The van der Waals surface area contributed by atoms with Crippen molar-refractivity contribution in [3.63, 3.8) is 0 Å². The highest BCUT2D eigenvalue weighted by atomic mass is 16.1. The van der Waals surface area contributed by atoms with Gasteiger partial charge in [-0.15, -0.1) is 0 Å². The number of rotatable bonds is 7. The lowest BCUT2D eigenvalue weighted by molar-refractivity contribution is -0.125. The summed E-state index contributed by atoms with van der Waals surface area (Å²) in [5.74, 6) is 0.386. The molecule has 0 aliphatic carbocycles. The Hall–Kier alpha value is -1.06. The van der Waals surface area contributed by atoms with Gasteiger partial charge in [-0.1, -0.05) is 20.8 Å². The van der Waals surface area contributed by atoms with Crippen LogP contribution in [0.3, 0.4) is 0 Å². The Bertz CT molecular complexity index is 342. The molecule has 0 rings (SSSR count). The molecule has 0 saturated heterocycles. The average Bonchev–Trinajstić information content (AvgIpc) is 2.24. The van der Waals surface area contributed by atoms with E-state index in [1.165, 1.54) is 0 Å². The first kappa shape index (κ1) is 16.9. The number of azo groups is 1. The van der Waals surface area contributed by atoms with Crippen molar-refractivity contribution in [2.75, 3.05) is 0 Å². The molecule has 0 aliphatic rings. The topological polar surface area (TPSA) is 58.9 Å². The van der Waals surface area contributed by atoms with Gasteiger partial charge in [-0.2, -0.15) is 10.2 Å². The van der Waals surface area contributed by atoms with Crippen LogP contribution in [0.5, 0.6) is 0 Å². The van der Waals surface area contributed by atoms with E-state index in [-0.39, 0.29) is 11.6 Å². The maximum atomic E-state index is 12.0. The zero-order valence-corrected chi connectivity index (χ0v) is 12.7. The molecule has 0 heterocycles. The van der Waals surface area contributed by atoms with Gasteiger partial charge in [0.05, 0.1) is 0 Å². The van der Waals surface area contributed by atoms with Crippen LogP contribution in [-0.4, -0.2) is 22.6 Å². The highest BCUT2D eigenvalue weighted by Crippen LogP contribution is 2.21. The third-order valence-corrected chi connectivity index (χ3v) is 2.83. The second-order valence-corrected chi connectivity index (χ2v) is 6.12. The van der Waals surface area contributed by atoms with Crippen LogP contribution < -0.4 is 0 Å². The van der Waals surface area contributed by atoms with Gasteiger partial charge in [0.25, 0.3) is 0 Å². The van der Waals surface area contributed by atoms with Crippen LogP contribution in [0.2, 0.25) is 0 Å². The SMILES string of the molecule is CCC(=O)C(C)(C)N=NC(C)(C)C(=O)CC(C)C. The summed E-state index contributed by atoms with van der Waals surface area (Å²) in [6, 6.07) is 0. The van der Waals surface area contributed by atoms with Gasteiger partial charge in [0.2, 0.25) is 0 Å². The summed E-state index contributed by atoms with van der Waals surface area (Å²) in [4.78, 5) is 23.7. The predicted octanol–water partition coefficient (Wildman–Crippen LogP) is 3.59. The fourth-order valence-corrected chi connectivity index (χ4v) is 1.41. The summed E-state index contributed by atoms with van der Waals surface area (Å²) in [5, 5.41) is 8.19. The number of hydrogen-bond acceptors (Lipinski definition) is 4. The average molecular weight is 254 g/mol. The van der Waals surface area contributed by atoms with Gasteiger partial charge in [-0.25, -0.2) is 0 Å². The molecule has 0 unspecified atom stereocenters. The van der Waals surface area contributed by atoms with Gasteiger partial charge in [0.15, 0.2) is 11.6 Å². The first-order valence-electron chi connectivity index (χ1n) is 6.53. The second kappa shape index (κ2) is 6.21. The lowest BCUT2D eigenvalue weighted by Crippen LogP contribution is -2.33. The first-order valence-corrected chi connectivity index (χ1v) is 6.53. The standard InChI is InChI=1S/C14H26N2O2/c1-8-11(17)13(4,5)15-16-14(6,7)12(18)9-10(2)3/h10H,8-9H2,1-7H3. The number of hydrogen-bond donors (Lipinski definition) is 0. The van der Waals surface area contributed by atoms with Gasteiger partial charge >= 0.3 is 0 Å². The van der Waals surface area contributed by atoms with Crippen LogP contribution >= 0.6 is 0 Å². The minimum Gasteiger partial charge on any atom is -0.297 e. The van der Waals surface area contributed by atoms with E-state index >= 15 is 0 Å². The number of carbonyl (C=O) groups is 2. The fourth-order valence-electron chi connectivity index (χ4n) is 1.41. The van der Waals surface area contributed by atoms with Crippen LogP contribution in [-0.2, 0) is 9.59 Å². The first-order chi connectivity index (χ1) is 8.03. The molecule has 0 radical (unpaired) electrons. The van der Waals surface area contributed by atoms with Gasteiger partial charge in [0.1, 0.15) is 11.1 Å². The van der Waals surface area contributed by atoms with Crippen molar-refractivity contribution < 1.29 is 9.59 Å². The zero-order chi connectivity index (χ0) is 14.6. The zero-order valence-electron chi connectivity index (χ0n) is 12.7. The van der Waals surface area contributed by atoms with E-state index in [0.717, 1.165) is 0 Å². The van der Waals surface area contributed by atoms with Crippen LogP contribution in [0, 0.1) is 5.92 Å². The number of carbonyl (C=O) groups excluding carboxylic acids is 2. The fraction of sp³-hybridized carbons (Fsp3) is 0.857. The van der Waals surface area contributed by atoms with Crippen LogP contribution in [0.15, 0.2) is 10.2 Å². The third-order valence-electron chi connectivity index (χ3n) is 2.83. The quantitative estimate of drug-likeness (QED) is 0.652. The Morgan fingerprint density at radius 1 is 0.944 bits per heavy atom. The molecule has 4 heteroatoms. The minimum absolute atomic E-state index is 0.0263. The molecule has 0 bridgehead atoms. The highest BCUT2D eigenvalue weighted by molar-refractivity contribution is 5.88. The highest BCUT2D eigenvalue weighted by Gasteiger charge is 2.31. The Morgan fingerprint density at radius 3 is 1.67 bits per heavy atom. The second-order valence-electron chi connectivity index (χ2n) is 6.12. The van der Waals surface area contributed by atoms with Gasteiger partial charge in [-0.05, 0) is 33.6 Å². The van der Waals surface area contributed by atoms with Crippen molar-refractivity contribution >= 4 is 11.6 Å². The molecule has 18 heavy (non-hydrogen) atoms. The Kier molecular flexibility index (Phi) is 5.84. The largest absolute Gasteiger partial charge is 0.297 e. The van der Waals surface area contributed by atoms with E-state index in [1.54, 1.807) is 34.6 Å². The Labute approximate surface area is 110 Å². The summed E-state index contributed by atoms with van der Waals surface area (Å²) >= 11 is 0.